The molecule has 0 spiro atoms. The molecule has 1 atom stereocenters. The number of hydrogen-bond donors (Lipinski definition) is 2. The maximum absolute atomic E-state index is 13.7. The van der Waals surface area contributed by atoms with Gasteiger partial charge in [0.2, 0.25) is 5.12 Å². The quantitative estimate of drug-likeness (QED) is 0.275. The minimum Gasteiger partial charge on any atom is -0.379 e. The number of aliphatic hydroxyl groups is 1. The number of benzene rings is 3. The maximum atomic E-state index is 13.7. The molecule has 0 bridgehead atoms. The van der Waals surface area contributed by atoms with Crippen LogP contribution in [0.15, 0.2) is 76.5 Å². The lowest BCUT2D eigenvalue weighted by molar-refractivity contribution is -0.138. The van der Waals surface area contributed by atoms with Crippen LogP contribution in [-0.2, 0) is 11.0 Å². The van der Waals surface area contributed by atoms with Gasteiger partial charge in [-0.25, -0.2) is 8.78 Å². The standard InChI is InChI=1S/C24H18F5NO3S2/c1-23(33,13-34-17-7-2-14(25)3-8-17)22(32)30-16-6-11-19(20(12-16)24(27,28)29)21(31)35-18-9-4-15(26)5-10-18/h2-12,33H,13H2,1H3,(H,30,32). The summed E-state index contributed by atoms with van der Waals surface area (Å²) in [5.74, 6) is -2.11. The SMILES string of the molecule is CC(O)(CSc1ccc(F)cc1)C(=O)Nc1ccc(C(=O)Sc2ccc(F)cc2)c(C(F)(F)F)c1. The molecule has 0 aromatic heterocycles. The Kier molecular flexibility index (Phi) is 8.24. The topological polar surface area (TPSA) is 66.4 Å². The number of thioether (sulfide) groups is 2. The van der Waals surface area contributed by atoms with Gasteiger partial charge in [-0.05, 0) is 85.4 Å². The van der Waals surface area contributed by atoms with Crippen molar-refractivity contribution in [3.63, 3.8) is 0 Å². The average molecular weight is 528 g/mol. The van der Waals surface area contributed by atoms with Crippen molar-refractivity contribution in [3.8, 4) is 0 Å². The van der Waals surface area contributed by atoms with E-state index >= 15 is 0 Å². The van der Waals surface area contributed by atoms with Crippen LogP contribution >= 0.6 is 23.5 Å². The zero-order valence-corrected chi connectivity index (χ0v) is 19.7. The van der Waals surface area contributed by atoms with E-state index in [-0.39, 0.29) is 16.3 Å². The molecule has 11 heteroatoms. The zero-order valence-electron chi connectivity index (χ0n) is 18.0. The highest BCUT2D eigenvalue weighted by Crippen LogP contribution is 2.37. The van der Waals surface area contributed by atoms with Gasteiger partial charge in [-0.2, -0.15) is 13.2 Å². The summed E-state index contributed by atoms with van der Waals surface area (Å²) < 4.78 is 67.1. The fraction of sp³-hybridized carbons (Fsp3) is 0.167. The van der Waals surface area contributed by atoms with Crippen molar-refractivity contribution in [1.82, 2.24) is 0 Å². The Hall–Kier alpha value is -2.89. The summed E-state index contributed by atoms with van der Waals surface area (Å²) in [6.45, 7) is 1.20. The largest absolute Gasteiger partial charge is 0.417 e. The molecule has 2 N–H and O–H groups in total. The third-order valence-corrected chi connectivity index (χ3v) is 6.87. The first-order valence-electron chi connectivity index (χ1n) is 9.96. The van der Waals surface area contributed by atoms with E-state index in [2.05, 4.69) is 5.32 Å². The lowest BCUT2D eigenvalue weighted by Gasteiger charge is -2.22. The van der Waals surface area contributed by atoms with Gasteiger partial charge in [-0.3, -0.25) is 9.59 Å². The number of carbonyl (C=O) groups excluding carboxylic acids is 2. The van der Waals surface area contributed by atoms with Gasteiger partial charge in [0.15, 0.2) is 0 Å². The van der Waals surface area contributed by atoms with Gasteiger partial charge >= 0.3 is 6.18 Å². The Bertz CT molecular complexity index is 1210. The first-order valence-corrected chi connectivity index (χ1v) is 11.8. The number of rotatable bonds is 7. The van der Waals surface area contributed by atoms with E-state index < -0.39 is 45.6 Å². The van der Waals surface area contributed by atoms with Crippen LogP contribution in [0, 0.1) is 11.6 Å². The lowest BCUT2D eigenvalue weighted by Crippen LogP contribution is -2.42. The molecular weight excluding hydrogens is 509 g/mol. The predicted molar refractivity (Wildman–Crippen MR) is 124 cm³/mol. The minimum atomic E-state index is -4.91. The van der Waals surface area contributed by atoms with E-state index in [0.29, 0.717) is 22.7 Å². The maximum Gasteiger partial charge on any atom is 0.417 e. The van der Waals surface area contributed by atoms with E-state index in [1.54, 1.807) is 0 Å². The first kappa shape index (κ1) is 26.7. The Morgan fingerprint density at radius 3 is 1.97 bits per heavy atom. The van der Waals surface area contributed by atoms with Crippen LogP contribution in [0.25, 0.3) is 0 Å². The van der Waals surface area contributed by atoms with Gasteiger partial charge in [-0.1, -0.05) is 0 Å². The van der Waals surface area contributed by atoms with Crippen molar-refractivity contribution in [1.29, 1.82) is 0 Å². The van der Waals surface area contributed by atoms with E-state index in [0.717, 1.165) is 36.0 Å². The third kappa shape index (κ3) is 7.30. The van der Waals surface area contributed by atoms with Crippen molar-refractivity contribution in [2.45, 2.75) is 28.5 Å². The zero-order chi connectivity index (χ0) is 25.8. The Labute approximate surface area is 205 Å². The number of nitrogens with one attached hydrogen (secondary N) is 1. The smallest absolute Gasteiger partial charge is 0.379 e. The lowest BCUT2D eigenvalue weighted by atomic mass is 10.1. The molecule has 0 aliphatic heterocycles. The van der Waals surface area contributed by atoms with E-state index in [1.807, 2.05) is 0 Å². The number of alkyl halides is 3. The molecule has 0 radical (unpaired) electrons. The fourth-order valence-corrected chi connectivity index (χ4v) is 4.47. The van der Waals surface area contributed by atoms with Gasteiger partial charge < -0.3 is 10.4 Å². The molecule has 0 aliphatic carbocycles. The van der Waals surface area contributed by atoms with Crippen molar-refractivity contribution in [3.05, 3.63) is 89.5 Å². The van der Waals surface area contributed by atoms with Crippen molar-refractivity contribution in [2.75, 3.05) is 11.1 Å². The summed E-state index contributed by atoms with van der Waals surface area (Å²) in [5, 5.41) is 11.8. The van der Waals surface area contributed by atoms with E-state index in [1.165, 1.54) is 43.3 Å². The Morgan fingerprint density at radius 2 is 1.43 bits per heavy atom. The first-order chi connectivity index (χ1) is 16.3. The number of carbonyl (C=O) groups is 2. The second kappa shape index (κ2) is 10.8. The molecule has 3 rings (SSSR count). The number of anilines is 1. The Balaban J connectivity index is 1.75. The molecule has 0 fully saturated rings. The highest BCUT2D eigenvalue weighted by atomic mass is 32.2. The summed E-state index contributed by atoms with van der Waals surface area (Å²) in [5.41, 5.74) is -4.14. The van der Waals surface area contributed by atoms with Crippen LogP contribution in [-0.4, -0.2) is 27.5 Å². The summed E-state index contributed by atoms with van der Waals surface area (Å²) in [4.78, 5) is 25.9. The fourth-order valence-electron chi connectivity index (χ4n) is 2.79. The molecule has 1 unspecified atom stereocenters. The molecule has 0 saturated carbocycles. The molecule has 184 valence electrons. The summed E-state index contributed by atoms with van der Waals surface area (Å²) in [6, 6.07) is 12.7. The van der Waals surface area contributed by atoms with E-state index in [9.17, 15) is 36.6 Å². The van der Waals surface area contributed by atoms with Crippen molar-refractivity contribution >= 4 is 40.2 Å². The summed E-state index contributed by atoms with van der Waals surface area (Å²) in [6.07, 6.45) is -4.91. The third-order valence-electron chi connectivity index (χ3n) is 4.65. The number of halogens is 5. The second-order valence-corrected chi connectivity index (χ2v) is 9.67. The van der Waals surface area contributed by atoms with Crippen LogP contribution in [0.3, 0.4) is 0 Å². The highest BCUT2D eigenvalue weighted by molar-refractivity contribution is 8.14. The molecule has 0 aliphatic rings. The van der Waals surface area contributed by atoms with Crippen LogP contribution < -0.4 is 5.32 Å². The summed E-state index contributed by atoms with van der Waals surface area (Å²) >= 11 is 1.57. The van der Waals surface area contributed by atoms with Gasteiger partial charge in [-0.15, -0.1) is 11.8 Å². The minimum absolute atomic E-state index is 0.151. The Morgan fingerprint density at radius 1 is 0.886 bits per heavy atom. The molecule has 4 nitrogen and oxygen atoms in total. The summed E-state index contributed by atoms with van der Waals surface area (Å²) in [7, 11) is 0. The highest BCUT2D eigenvalue weighted by Gasteiger charge is 2.36. The van der Waals surface area contributed by atoms with Gasteiger partial charge in [0.25, 0.3) is 5.91 Å². The molecule has 3 aromatic rings. The molecule has 1 amide bonds. The van der Waals surface area contributed by atoms with Crippen molar-refractivity contribution < 1.29 is 36.6 Å². The number of hydrogen-bond acceptors (Lipinski definition) is 5. The van der Waals surface area contributed by atoms with Crippen LogP contribution in [0.1, 0.15) is 22.8 Å². The van der Waals surface area contributed by atoms with Gasteiger partial charge in [0, 0.05) is 26.8 Å². The van der Waals surface area contributed by atoms with Crippen LogP contribution in [0.4, 0.5) is 27.6 Å². The molecule has 3 aromatic carbocycles. The van der Waals surface area contributed by atoms with Crippen LogP contribution in [0.5, 0.6) is 0 Å². The molecule has 0 heterocycles. The number of amides is 1. The van der Waals surface area contributed by atoms with Crippen molar-refractivity contribution in [2.24, 2.45) is 0 Å². The second-order valence-electron chi connectivity index (χ2n) is 7.57. The van der Waals surface area contributed by atoms with Gasteiger partial charge in [0.05, 0.1) is 5.56 Å². The van der Waals surface area contributed by atoms with E-state index in [4.69, 9.17) is 0 Å². The molecular formula is C24H18F5NO3S2. The average Bonchev–Trinajstić information content (AvgIpc) is 2.79. The normalized spacial score (nSPS) is 13.2. The van der Waals surface area contributed by atoms with Gasteiger partial charge in [0.1, 0.15) is 17.2 Å². The molecule has 35 heavy (non-hydrogen) atoms. The predicted octanol–water partition coefficient (Wildman–Crippen LogP) is 6.40. The monoisotopic (exact) mass is 527 g/mol. The molecule has 0 saturated heterocycles. The van der Waals surface area contributed by atoms with Crippen LogP contribution in [0.2, 0.25) is 0 Å².